The predicted octanol–water partition coefficient (Wildman–Crippen LogP) is 4.51. The fourth-order valence-corrected chi connectivity index (χ4v) is 11.6. The first-order valence-corrected chi connectivity index (χ1v) is 13.6. The van der Waals surface area contributed by atoms with Crippen LogP contribution in [0.4, 0.5) is 0 Å². The van der Waals surface area contributed by atoms with E-state index in [0.29, 0.717) is 0 Å². The van der Waals surface area contributed by atoms with Crippen LogP contribution in [0, 0.1) is 0 Å². The highest BCUT2D eigenvalue weighted by Gasteiger charge is 2.33. The third-order valence-electron chi connectivity index (χ3n) is 4.68. The average Bonchev–Trinajstić information content (AvgIpc) is 2.73. The van der Waals surface area contributed by atoms with Crippen molar-refractivity contribution in [2.75, 3.05) is 28.2 Å². The van der Waals surface area contributed by atoms with Gasteiger partial charge >= 0.3 is 0 Å². The van der Waals surface area contributed by atoms with Crippen LogP contribution in [0.3, 0.4) is 0 Å². The molecule has 28 heavy (non-hydrogen) atoms. The van der Waals surface area contributed by atoms with Crippen LogP contribution in [0.2, 0.25) is 0 Å². The van der Waals surface area contributed by atoms with E-state index in [2.05, 4.69) is 100 Å². The maximum absolute atomic E-state index is 6.22. The van der Waals surface area contributed by atoms with Crippen molar-refractivity contribution >= 4 is 41.3 Å². The summed E-state index contributed by atoms with van der Waals surface area (Å²) >= 11 is 6.22. The summed E-state index contributed by atoms with van der Waals surface area (Å²) in [5, 5.41) is 3.68. The summed E-state index contributed by atoms with van der Waals surface area (Å²) in [6, 6.07) is 31.9. The minimum Gasteiger partial charge on any atom is -0.252 e. The van der Waals surface area contributed by atoms with Crippen molar-refractivity contribution in [3.63, 3.8) is 0 Å². The van der Waals surface area contributed by atoms with Crippen LogP contribution in [0.15, 0.2) is 95.5 Å². The van der Waals surface area contributed by atoms with Crippen molar-refractivity contribution in [1.82, 2.24) is 9.34 Å². The molecule has 146 valence electrons. The Hall–Kier alpha value is -1.54. The molecule has 0 atom stereocenters. The Bertz CT molecular complexity index is 888. The van der Waals surface area contributed by atoms with E-state index in [1.807, 2.05) is 28.2 Å². The van der Waals surface area contributed by atoms with Crippen LogP contribution in [-0.2, 0) is 11.8 Å². The zero-order chi connectivity index (χ0) is 20.2. The van der Waals surface area contributed by atoms with Crippen LogP contribution < -0.4 is 15.9 Å². The van der Waals surface area contributed by atoms with E-state index < -0.39 is 13.5 Å². The van der Waals surface area contributed by atoms with Gasteiger partial charge in [0, 0.05) is 15.9 Å². The Labute approximate surface area is 174 Å². The van der Waals surface area contributed by atoms with Gasteiger partial charge in [-0.05, 0) is 40.0 Å². The molecule has 0 spiro atoms. The van der Waals surface area contributed by atoms with Crippen LogP contribution in [-0.4, -0.2) is 37.5 Å². The largest absolute Gasteiger partial charge is 0.252 e. The fourth-order valence-electron chi connectivity index (χ4n) is 3.23. The zero-order valence-electron chi connectivity index (χ0n) is 16.8. The number of benzene rings is 3. The minimum absolute atomic E-state index is 1.23. The summed E-state index contributed by atoms with van der Waals surface area (Å²) in [5.41, 5.74) is 0. The number of hydrogen-bond donors (Lipinski definition) is 0. The summed E-state index contributed by atoms with van der Waals surface area (Å²) < 4.78 is 9.87. The Balaban J connectivity index is 2.52. The molecule has 6 heteroatoms. The predicted molar refractivity (Wildman–Crippen MR) is 129 cm³/mol. The lowest BCUT2D eigenvalue weighted by atomic mass is 10.4. The highest BCUT2D eigenvalue weighted by molar-refractivity contribution is 8.13. The second kappa shape index (κ2) is 8.86. The minimum atomic E-state index is -2.31. The third-order valence-corrected chi connectivity index (χ3v) is 14.5. The van der Waals surface area contributed by atoms with E-state index in [9.17, 15) is 0 Å². The topological polar surface area (TPSA) is 18.8 Å². The highest BCUT2D eigenvalue weighted by Crippen LogP contribution is 2.62. The van der Waals surface area contributed by atoms with Gasteiger partial charge in [-0.2, -0.15) is 0 Å². The second-order valence-electron chi connectivity index (χ2n) is 6.94. The van der Waals surface area contributed by atoms with E-state index in [4.69, 9.17) is 16.3 Å². The lowest BCUT2D eigenvalue weighted by Gasteiger charge is -2.36. The molecule has 0 N–H and O–H groups in total. The van der Waals surface area contributed by atoms with Crippen molar-refractivity contribution in [1.29, 1.82) is 0 Å². The van der Waals surface area contributed by atoms with Gasteiger partial charge in [-0.3, -0.25) is 9.34 Å². The molecule has 0 saturated heterocycles. The molecule has 3 aromatic rings. The van der Waals surface area contributed by atoms with E-state index in [1.165, 1.54) is 15.9 Å². The van der Waals surface area contributed by atoms with Crippen LogP contribution >= 0.6 is 13.5 Å². The molecule has 0 radical (unpaired) electrons. The molecule has 0 aromatic heterocycles. The Kier molecular flexibility index (Phi) is 6.70. The summed E-state index contributed by atoms with van der Waals surface area (Å²) in [7, 11) is 5.87. The van der Waals surface area contributed by atoms with Gasteiger partial charge in [0.25, 0.3) is 0 Å². The average molecular weight is 427 g/mol. The van der Waals surface area contributed by atoms with Gasteiger partial charge in [0.1, 0.15) is 0 Å². The maximum atomic E-state index is 6.22. The summed E-state index contributed by atoms with van der Waals surface area (Å²) in [5.74, 6) is 0. The van der Waals surface area contributed by atoms with Crippen LogP contribution in [0.1, 0.15) is 0 Å². The zero-order valence-corrected chi connectivity index (χ0v) is 19.4. The Morgan fingerprint density at radius 3 is 1.11 bits per heavy atom. The van der Waals surface area contributed by atoms with Gasteiger partial charge in [0.15, 0.2) is 6.49 Å². The van der Waals surface area contributed by atoms with E-state index in [-0.39, 0.29) is 0 Å². The molecule has 3 rings (SSSR count). The first-order chi connectivity index (χ1) is 13.4. The van der Waals surface area contributed by atoms with Crippen molar-refractivity contribution in [3.8, 4) is 0 Å². The van der Waals surface area contributed by atoms with E-state index in [1.54, 1.807) is 0 Å². The fraction of sp³-hybridized carbons (Fsp3) is 0.182. The smallest absolute Gasteiger partial charge is 0.186 e. The summed E-state index contributed by atoms with van der Waals surface area (Å²) in [4.78, 5) is 0. The lowest BCUT2D eigenvalue weighted by molar-refractivity contribution is 0.572. The molecule has 3 aromatic carbocycles. The van der Waals surface area contributed by atoms with Gasteiger partial charge in [-0.15, -0.1) is 0 Å². The molecule has 0 saturated carbocycles. The molecule has 0 fully saturated rings. The molecule has 0 amide bonds. The van der Waals surface area contributed by atoms with Gasteiger partial charge in [-0.25, -0.2) is 4.52 Å². The first kappa shape index (κ1) is 21.2. The summed E-state index contributed by atoms with van der Waals surface area (Å²) in [6.45, 7) is -2.31. The molecular formula is C22H27N3P2S. The monoisotopic (exact) mass is 427 g/mol. The quantitative estimate of drug-likeness (QED) is 0.540. The SMILES string of the molecule is CN(C)P(=S)(N=P(c1ccccc1)(c1ccccc1)c1ccccc1)N(C)C. The Morgan fingerprint density at radius 1 is 0.571 bits per heavy atom. The van der Waals surface area contributed by atoms with Crippen molar-refractivity contribution < 1.29 is 0 Å². The Morgan fingerprint density at radius 2 is 0.857 bits per heavy atom. The third kappa shape index (κ3) is 3.94. The van der Waals surface area contributed by atoms with E-state index >= 15 is 0 Å². The molecule has 0 bridgehead atoms. The van der Waals surface area contributed by atoms with Crippen molar-refractivity contribution in [2.24, 2.45) is 4.52 Å². The van der Waals surface area contributed by atoms with Crippen molar-refractivity contribution in [2.45, 2.75) is 0 Å². The summed E-state index contributed by atoms with van der Waals surface area (Å²) in [6.07, 6.45) is 0. The van der Waals surface area contributed by atoms with Crippen LogP contribution in [0.5, 0.6) is 0 Å². The molecule has 0 heterocycles. The normalized spacial score (nSPS) is 12.4. The standard InChI is InChI=1S/C22H27N3P2S/c1-24(2)27(28,25(3)4)23-26(20-14-8-5-9-15-20,21-16-10-6-11-17-21)22-18-12-7-13-19-22/h5-19H,1-4H3. The number of hydrogen-bond acceptors (Lipinski definition) is 1. The first-order valence-electron chi connectivity index (χ1n) is 9.17. The molecular weight excluding hydrogens is 400 g/mol. The van der Waals surface area contributed by atoms with Crippen LogP contribution in [0.25, 0.3) is 0 Å². The molecule has 3 nitrogen and oxygen atoms in total. The van der Waals surface area contributed by atoms with Gasteiger partial charge in [-0.1, -0.05) is 91.0 Å². The molecule has 0 aliphatic carbocycles. The molecule has 0 unspecified atom stereocenters. The number of rotatable bonds is 6. The van der Waals surface area contributed by atoms with Gasteiger partial charge in [0.05, 0.1) is 7.05 Å². The molecule has 0 aliphatic heterocycles. The van der Waals surface area contributed by atoms with Gasteiger partial charge < -0.3 is 0 Å². The molecule has 0 aliphatic rings. The van der Waals surface area contributed by atoms with Gasteiger partial charge in [0.2, 0.25) is 0 Å². The lowest BCUT2D eigenvalue weighted by Crippen LogP contribution is -2.27. The highest BCUT2D eigenvalue weighted by atomic mass is 32.4. The van der Waals surface area contributed by atoms with Crippen molar-refractivity contribution in [3.05, 3.63) is 91.0 Å². The second-order valence-corrected chi connectivity index (χ2v) is 14.6. The van der Waals surface area contributed by atoms with E-state index in [0.717, 1.165) is 0 Å². The maximum Gasteiger partial charge on any atom is 0.186 e. The number of nitrogens with zero attached hydrogens (tertiary/aromatic N) is 3.